The molecule has 28 heavy (non-hydrogen) atoms. The van der Waals surface area contributed by atoms with Crippen LogP contribution in [-0.4, -0.2) is 51.2 Å². The van der Waals surface area contributed by atoms with E-state index in [1.54, 1.807) is 20.4 Å². The Morgan fingerprint density at radius 2 is 1.82 bits per heavy atom. The van der Waals surface area contributed by atoms with Crippen molar-refractivity contribution in [2.24, 2.45) is 4.99 Å². The Bertz CT molecular complexity index is 697. The summed E-state index contributed by atoms with van der Waals surface area (Å²) < 4.78 is 11.4. The third kappa shape index (κ3) is 5.59. The van der Waals surface area contributed by atoms with Crippen molar-refractivity contribution < 1.29 is 9.15 Å². The SMILES string of the molecule is CN=C(NCC(OC)c1ccccc1)NCC(c1ccco1)N1CCCCC1. The van der Waals surface area contributed by atoms with Crippen LogP contribution in [0.5, 0.6) is 0 Å². The van der Waals surface area contributed by atoms with E-state index in [1.165, 1.54) is 19.3 Å². The summed E-state index contributed by atoms with van der Waals surface area (Å²) in [5.74, 6) is 1.77. The summed E-state index contributed by atoms with van der Waals surface area (Å²) in [6.07, 6.45) is 5.54. The lowest BCUT2D eigenvalue weighted by Crippen LogP contribution is -2.45. The standard InChI is InChI=1S/C22H32N4O2/c1-23-22(25-17-21(27-2)18-10-5-3-6-11-18)24-16-19(20-12-9-15-28-20)26-13-7-4-8-14-26/h3,5-6,9-12,15,19,21H,4,7-8,13-14,16-17H2,1-2H3,(H2,23,24,25). The summed E-state index contributed by atoms with van der Waals surface area (Å²) in [6, 6.07) is 14.5. The van der Waals surface area contributed by atoms with Crippen LogP contribution >= 0.6 is 0 Å². The number of benzene rings is 1. The van der Waals surface area contributed by atoms with E-state index in [1.807, 2.05) is 24.3 Å². The number of hydrogen-bond acceptors (Lipinski definition) is 4. The molecule has 2 aromatic rings. The number of nitrogens with one attached hydrogen (secondary N) is 2. The second-order valence-electron chi connectivity index (χ2n) is 7.10. The zero-order valence-corrected chi connectivity index (χ0v) is 16.9. The van der Waals surface area contributed by atoms with Gasteiger partial charge in [-0.25, -0.2) is 0 Å². The van der Waals surface area contributed by atoms with Crippen LogP contribution in [-0.2, 0) is 4.74 Å². The van der Waals surface area contributed by atoms with Gasteiger partial charge in [-0.1, -0.05) is 36.8 Å². The molecule has 0 bridgehead atoms. The summed E-state index contributed by atoms with van der Waals surface area (Å²) in [7, 11) is 3.53. The van der Waals surface area contributed by atoms with Crippen molar-refractivity contribution in [2.45, 2.75) is 31.4 Å². The minimum Gasteiger partial charge on any atom is -0.468 e. The Morgan fingerprint density at radius 3 is 2.46 bits per heavy atom. The molecule has 2 heterocycles. The van der Waals surface area contributed by atoms with Crippen molar-refractivity contribution in [1.82, 2.24) is 15.5 Å². The molecule has 0 spiro atoms. The van der Waals surface area contributed by atoms with E-state index in [4.69, 9.17) is 9.15 Å². The summed E-state index contributed by atoms with van der Waals surface area (Å²) in [4.78, 5) is 6.88. The maximum absolute atomic E-state index is 5.73. The van der Waals surface area contributed by atoms with Gasteiger partial charge in [0.2, 0.25) is 0 Å². The molecule has 6 heteroatoms. The van der Waals surface area contributed by atoms with Gasteiger partial charge in [-0.3, -0.25) is 9.89 Å². The van der Waals surface area contributed by atoms with Crippen LogP contribution in [0, 0.1) is 0 Å². The van der Waals surface area contributed by atoms with Crippen molar-refractivity contribution >= 4 is 5.96 Å². The van der Waals surface area contributed by atoms with E-state index < -0.39 is 0 Å². The van der Waals surface area contributed by atoms with Gasteiger partial charge in [-0.15, -0.1) is 0 Å². The molecular formula is C22H32N4O2. The molecule has 0 aliphatic carbocycles. The molecule has 3 rings (SSSR count). The van der Waals surface area contributed by atoms with Crippen molar-refractivity contribution in [3.05, 3.63) is 60.1 Å². The molecule has 2 atom stereocenters. The molecule has 2 unspecified atom stereocenters. The van der Waals surface area contributed by atoms with Gasteiger partial charge in [-0.2, -0.15) is 0 Å². The number of likely N-dealkylation sites (tertiary alicyclic amines) is 1. The first-order valence-corrected chi connectivity index (χ1v) is 10.1. The first kappa shape index (κ1) is 20.4. The van der Waals surface area contributed by atoms with Crippen LogP contribution in [0.25, 0.3) is 0 Å². The molecule has 2 N–H and O–H groups in total. The molecule has 1 aliphatic rings. The van der Waals surface area contributed by atoms with E-state index >= 15 is 0 Å². The van der Waals surface area contributed by atoms with Crippen molar-refractivity contribution in [3.8, 4) is 0 Å². The lowest BCUT2D eigenvalue weighted by Gasteiger charge is -2.33. The van der Waals surface area contributed by atoms with Gasteiger partial charge >= 0.3 is 0 Å². The third-order valence-electron chi connectivity index (χ3n) is 5.30. The van der Waals surface area contributed by atoms with Crippen molar-refractivity contribution in [3.63, 3.8) is 0 Å². The Kier molecular flexibility index (Phi) is 7.94. The van der Waals surface area contributed by atoms with E-state index in [9.17, 15) is 0 Å². The topological polar surface area (TPSA) is 62.0 Å². The molecule has 1 aromatic heterocycles. The lowest BCUT2D eigenvalue weighted by molar-refractivity contribution is 0.106. The molecule has 152 valence electrons. The average Bonchev–Trinajstić information content (AvgIpc) is 3.29. The fraction of sp³-hybridized carbons (Fsp3) is 0.500. The van der Waals surface area contributed by atoms with Crippen LogP contribution in [0.3, 0.4) is 0 Å². The van der Waals surface area contributed by atoms with Gasteiger partial charge in [0.15, 0.2) is 5.96 Å². The lowest BCUT2D eigenvalue weighted by atomic mass is 10.1. The average molecular weight is 385 g/mol. The van der Waals surface area contributed by atoms with Crippen LogP contribution in [0.15, 0.2) is 58.1 Å². The summed E-state index contributed by atoms with van der Waals surface area (Å²) in [5.41, 5.74) is 1.15. The molecule has 0 amide bonds. The Morgan fingerprint density at radius 1 is 1.07 bits per heavy atom. The number of aliphatic imine (C=N–C) groups is 1. The fourth-order valence-corrected chi connectivity index (χ4v) is 3.73. The van der Waals surface area contributed by atoms with E-state index in [2.05, 4.69) is 38.7 Å². The molecular weight excluding hydrogens is 352 g/mol. The summed E-state index contributed by atoms with van der Waals surface area (Å²) in [6.45, 7) is 3.61. The maximum atomic E-state index is 5.73. The smallest absolute Gasteiger partial charge is 0.191 e. The molecule has 1 aromatic carbocycles. The monoisotopic (exact) mass is 384 g/mol. The molecule has 1 fully saturated rings. The second kappa shape index (κ2) is 10.9. The number of ether oxygens (including phenoxy) is 1. The highest BCUT2D eigenvalue weighted by molar-refractivity contribution is 5.79. The molecule has 6 nitrogen and oxygen atoms in total. The predicted molar refractivity (Wildman–Crippen MR) is 112 cm³/mol. The Hall–Kier alpha value is -2.31. The van der Waals surface area contributed by atoms with Crippen molar-refractivity contribution in [2.75, 3.05) is 40.3 Å². The first-order chi connectivity index (χ1) is 13.8. The predicted octanol–water partition coefficient (Wildman–Crippen LogP) is 3.36. The van der Waals surface area contributed by atoms with Gasteiger partial charge in [0, 0.05) is 27.2 Å². The molecule has 1 saturated heterocycles. The highest BCUT2D eigenvalue weighted by atomic mass is 16.5. The largest absolute Gasteiger partial charge is 0.468 e. The van der Waals surface area contributed by atoms with Gasteiger partial charge in [0.05, 0.1) is 18.4 Å². The van der Waals surface area contributed by atoms with Crippen LogP contribution in [0.4, 0.5) is 0 Å². The number of hydrogen-bond donors (Lipinski definition) is 2. The van der Waals surface area contributed by atoms with Gasteiger partial charge in [0.25, 0.3) is 0 Å². The number of methoxy groups -OCH3 is 1. The highest BCUT2D eigenvalue weighted by Gasteiger charge is 2.24. The molecule has 1 aliphatic heterocycles. The van der Waals surface area contributed by atoms with E-state index in [0.29, 0.717) is 6.54 Å². The van der Waals surface area contributed by atoms with Crippen molar-refractivity contribution in [1.29, 1.82) is 0 Å². The Labute approximate surface area is 168 Å². The van der Waals surface area contributed by atoms with E-state index in [0.717, 1.165) is 36.9 Å². The summed E-state index contributed by atoms with van der Waals surface area (Å²) in [5, 5.41) is 6.85. The normalized spacial score (nSPS) is 17.9. The first-order valence-electron chi connectivity index (χ1n) is 10.1. The Balaban J connectivity index is 1.57. The fourth-order valence-electron chi connectivity index (χ4n) is 3.73. The number of rotatable bonds is 8. The second-order valence-corrected chi connectivity index (χ2v) is 7.10. The molecule has 0 saturated carbocycles. The highest BCUT2D eigenvalue weighted by Crippen LogP contribution is 2.24. The number of furan rings is 1. The number of nitrogens with zero attached hydrogens (tertiary/aromatic N) is 2. The quantitative estimate of drug-likeness (QED) is 0.540. The van der Waals surface area contributed by atoms with Gasteiger partial charge < -0.3 is 19.8 Å². The zero-order valence-electron chi connectivity index (χ0n) is 16.9. The molecule has 0 radical (unpaired) electrons. The third-order valence-corrected chi connectivity index (χ3v) is 5.30. The number of piperidine rings is 1. The minimum absolute atomic E-state index is 0.0253. The summed E-state index contributed by atoms with van der Waals surface area (Å²) >= 11 is 0. The van der Waals surface area contributed by atoms with Crippen LogP contribution < -0.4 is 10.6 Å². The number of guanidine groups is 1. The van der Waals surface area contributed by atoms with Gasteiger partial charge in [-0.05, 0) is 43.6 Å². The van der Waals surface area contributed by atoms with Gasteiger partial charge in [0.1, 0.15) is 5.76 Å². The zero-order chi connectivity index (χ0) is 19.6. The van der Waals surface area contributed by atoms with Crippen LogP contribution in [0.1, 0.15) is 42.7 Å². The van der Waals surface area contributed by atoms with E-state index in [-0.39, 0.29) is 12.1 Å². The maximum Gasteiger partial charge on any atom is 0.191 e. The minimum atomic E-state index is -0.0253. The van der Waals surface area contributed by atoms with Crippen LogP contribution in [0.2, 0.25) is 0 Å².